The Morgan fingerprint density at radius 3 is 2.11 bits per heavy atom. The van der Waals surface area contributed by atoms with Crippen molar-refractivity contribution in [3.05, 3.63) is 66.5 Å². The molecule has 0 aliphatic carbocycles. The molecule has 4 nitrogen and oxygen atoms in total. The molecule has 1 heterocycles. The maximum atomic E-state index is 14.9. The van der Waals surface area contributed by atoms with E-state index in [0.717, 1.165) is 60.8 Å². The highest BCUT2D eigenvalue weighted by Crippen LogP contribution is 2.32. The largest absolute Gasteiger partial charge is 0.424 e. The van der Waals surface area contributed by atoms with Crippen LogP contribution in [-0.4, -0.2) is 21.6 Å². The number of carbonyl (C=O) groups is 1. The molecule has 0 bridgehead atoms. The van der Waals surface area contributed by atoms with Crippen LogP contribution in [0.15, 0.2) is 60.9 Å². The van der Waals surface area contributed by atoms with E-state index in [9.17, 15) is 9.18 Å². The fourth-order valence-corrected chi connectivity index (χ4v) is 4.21. The maximum absolute atomic E-state index is 14.9. The zero-order valence-electron chi connectivity index (χ0n) is 21.9. The molecule has 0 radical (unpaired) electrons. The van der Waals surface area contributed by atoms with Gasteiger partial charge in [0.25, 0.3) is 0 Å². The molecule has 0 aliphatic heterocycles. The smallest absolute Gasteiger partial charge is 0.348 e. The van der Waals surface area contributed by atoms with Gasteiger partial charge in [0, 0.05) is 18.0 Å². The van der Waals surface area contributed by atoms with Crippen LogP contribution in [0.2, 0.25) is 0 Å². The van der Waals surface area contributed by atoms with Gasteiger partial charge in [-0.05, 0) is 61.4 Å². The summed E-state index contributed by atoms with van der Waals surface area (Å²) in [5, 5.41) is 0. The molecule has 3 rings (SSSR count). The van der Waals surface area contributed by atoms with Crippen molar-refractivity contribution < 1.29 is 13.9 Å². The fraction of sp³-hybridized carbons (Fsp3) is 0.452. The van der Waals surface area contributed by atoms with Crippen molar-refractivity contribution in [3.8, 4) is 28.3 Å². The van der Waals surface area contributed by atoms with E-state index < -0.39 is 11.6 Å². The summed E-state index contributed by atoms with van der Waals surface area (Å²) in [5.74, 6) is 0.176. The number of ether oxygens (including phenoxy) is 1. The summed E-state index contributed by atoms with van der Waals surface area (Å²) in [4.78, 5) is 21.7. The van der Waals surface area contributed by atoms with Gasteiger partial charge in [-0.15, -0.1) is 0 Å². The van der Waals surface area contributed by atoms with E-state index >= 15 is 0 Å². The van der Waals surface area contributed by atoms with E-state index in [0.29, 0.717) is 18.0 Å². The summed E-state index contributed by atoms with van der Waals surface area (Å²) in [6, 6.07) is 15.1. The highest BCUT2D eigenvalue weighted by atomic mass is 19.1. The van der Waals surface area contributed by atoms with E-state index in [1.54, 1.807) is 12.1 Å². The summed E-state index contributed by atoms with van der Waals surface area (Å²) in [7, 11) is 0. The van der Waals surface area contributed by atoms with Gasteiger partial charge in [-0.1, -0.05) is 88.8 Å². The molecule has 0 aliphatic rings. The topological polar surface area (TPSA) is 52.1 Å². The molecule has 2 aromatic carbocycles. The molecule has 0 spiro atoms. The number of hydrogen-bond donors (Lipinski definition) is 0. The average Bonchev–Trinajstić information content (AvgIpc) is 2.89. The minimum Gasteiger partial charge on any atom is -0.424 e. The third-order valence-corrected chi connectivity index (χ3v) is 6.49. The molecule has 0 saturated carbocycles. The second-order valence-corrected chi connectivity index (χ2v) is 9.69. The Hall–Kier alpha value is -3.08. The number of alkyl halides is 1. The second-order valence-electron chi connectivity index (χ2n) is 9.69. The molecular weight excluding hydrogens is 451 g/mol. The highest BCUT2D eigenvalue weighted by molar-refractivity contribution is 5.82. The Morgan fingerprint density at radius 1 is 0.833 bits per heavy atom. The van der Waals surface area contributed by atoms with Crippen LogP contribution >= 0.6 is 0 Å². The lowest BCUT2D eigenvalue weighted by molar-refractivity contribution is -0.147. The van der Waals surface area contributed by atoms with Gasteiger partial charge in [0.05, 0.1) is 0 Å². The van der Waals surface area contributed by atoms with Crippen LogP contribution in [0.3, 0.4) is 0 Å². The monoisotopic (exact) mass is 490 g/mol. The van der Waals surface area contributed by atoms with Crippen LogP contribution < -0.4 is 4.74 Å². The van der Waals surface area contributed by atoms with E-state index in [4.69, 9.17) is 4.74 Å². The maximum Gasteiger partial charge on any atom is 0.348 e. The summed E-state index contributed by atoms with van der Waals surface area (Å²) in [5.41, 5.74) is 2.02. The molecule has 3 aromatic rings. The first-order valence-corrected chi connectivity index (χ1v) is 13.4. The Kier molecular flexibility index (Phi) is 10.6. The van der Waals surface area contributed by atoms with Crippen molar-refractivity contribution in [2.45, 2.75) is 90.6 Å². The predicted molar refractivity (Wildman–Crippen MR) is 145 cm³/mol. The quantitative estimate of drug-likeness (QED) is 0.129. The Labute approximate surface area is 215 Å². The lowest BCUT2D eigenvalue weighted by atomic mass is 9.98. The van der Waals surface area contributed by atoms with E-state index in [2.05, 4.69) is 23.8 Å². The van der Waals surface area contributed by atoms with E-state index in [1.165, 1.54) is 19.8 Å². The molecule has 0 amide bonds. The lowest BCUT2D eigenvalue weighted by Crippen LogP contribution is -2.34. The zero-order chi connectivity index (χ0) is 25.8. The van der Waals surface area contributed by atoms with Crippen molar-refractivity contribution in [1.82, 2.24) is 9.97 Å². The van der Waals surface area contributed by atoms with Gasteiger partial charge < -0.3 is 4.74 Å². The van der Waals surface area contributed by atoms with Crippen molar-refractivity contribution in [2.75, 3.05) is 0 Å². The number of carbonyl (C=O) groups excluding carboxylic acids is 1. The Balaban J connectivity index is 1.66. The first kappa shape index (κ1) is 27.5. The van der Waals surface area contributed by atoms with Gasteiger partial charge in [-0.25, -0.2) is 19.2 Å². The summed E-state index contributed by atoms with van der Waals surface area (Å²) in [6.45, 7) is 5.65. The zero-order valence-corrected chi connectivity index (χ0v) is 21.9. The van der Waals surface area contributed by atoms with Crippen LogP contribution in [0.5, 0.6) is 5.75 Å². The number of esters is 1. The summed E-state index contributed by atoms with van der Waals surface area (Å²) >= 11 is 0. The van der Waals surface area contributed by atoms with Crippen molar-refractivity contribution in [2.24, 2.45) is 0 Å². The van der Waals surface area contributed by atoms with Crippen LogP contribution in [0.1, 0.15) is 84.1 Å². The van der Waals surface area contributed by atoms with Gasteiger partial charge in [-0.2, -0.15) is 0 Å². The number of nitrogens with zero attached hydrogens (tertiary/aromatic N) is 2. The van der Waals surface area contributed by atoms with Gasteiger partial charge >= 0.3 is 5.97 Å². The molecule has 1 aromatic heterocycles. The number of unbranched alkanes of at least 4 members (excludes halogenated alkanes) is 6. The number of benzene rings is 2. The van der Waals surface area contributed by atoms with Gasteiger partial charge in [-0.3, -0.25) is 0 Å². The van der Waals surface area contributed by atoms with Crippen molar-refractivity contribution in [1.29, 1.82) is 0 Å². The number of aryl methyl sites for hydroxylation is 1. The summed E-state index contributed by atoms with van der Waals surface area (Å²) in [6.07, 6.45) is 13.5. The predicted octanol–water partition coefficient (Wildman–Crippen LogP) is 8.54. The van der Waals surface area contributed by atoms with Crippen LogP contribution in [0.25, 0.3) is 22.5 Å². The van der Waals surface area contributed by atoms with E-state index in [1.807, 2.05) is 48.8 Å². The molecule has 192 valence electrons. The molecule has 1 unspecified atom stereocenters. The summed E-state index contributed by atoms with van der Waals surface area (Å²) < 4.78 is 20.3. The second kappa shape index (κ2) is 13.9. The van der Waals surface area contributed by atoms with Crippen LogP contribution in [0.4, 0.5) is 4.39 Å². The standard InChI is InChI=1S/C31H39FN2O2/c1-4-6-8-9-13-21-31(3,32)30(35)36-26-19-17-25(18-20-26)27-15-11-12-16-28(27)29-33-22-24(23-34-29)14-10-7-5-2/h11-12,15-20,22-23H,4-10,13-14,21H2,1-3H3. The Morgan fingerprint density at radius 2 is 1.44 bits per heavy atom. The Bertz CT molecular complexity index is 1080. The van der Waals surface area contributed by atoms with Gasteiger partial charge in [0.15, 0.2) is 5.82 Å². The molecular formula is C31H39FN2O2. The lowest BCUT2D eigenvalue weighted by Gasteiger charge is -2.18. The molecule has 5 heteroatoms. The number of hydrogen-bond acceptors (Lipinski definition) is 4. The minimum atomic E-state index is -1.99. The van der Waals surface area contributed by atoms with Gasteiger partial charge in [0.1, 0.15) is 5.75 Å². The normalized spacial score (nSPS) is 12.8. The SMILES string of the molecule is CCCCCCCC(C)(F)C(=O)Oc1ccc(-c2ccccc2-c2ncc(CCCCC)cn2)cc1. The number of halogens is 1. The number of aromatic nitrogens is 2. The third kappa shape index (κ3) is 7.97. The highest BCUT2D eigenvalue weighted by Gasteiger charge is 2.34. The van der Waals surface area contributed by atoms with Gasteiger partial charge in [0.2, 0.25) is 5.67 Å². The third-order valence-electron chi connectivity index (χ3n) is 6.49. The van der Waals surface area contributed by atoms with Crippen molar-refractivity contribution >= 4 is 5.97 Å². The number of rotatable bonds is 14. The van der Waals surface area contributed by atoms with Crippen LogP contribution in [-0.2, 0) is 11.2 Å². The molecule has 0 fully saturated rings. The van der Waals surface area contributed by atoms with Crippen LogP contribution in [0, 0.1) is 0 Å². The molecule has 0 saturated heterocycles. The first-order valence-electron chi connectivity index (χ1n) is 13.4. The average molecular weight is 491 g/mol. The molecule has 1 atom stereocenters. The van der Waals surface area contributed by atoms with Crippen molar-refractivity contribution in [3.63, 3.8) is 0 Å². The minimum absolute atomic E-state index is 0.179. The molecule has 36 heavy (non-hydrogen) atoms. The fourth-order valence-electron chi connectivity index (χ4n) is 4.21. The molecule has 0 N–H and O–H groups in total. The van der Waals surface area contributed by atoms with E-state index in [-0.39, 0.29) is 6.42 Å². The first-order chi connectivity index (χ1) is 17.4.